The summed E-state index contributed by atoms with van der Waals surface area (Å²) in [6.45, 7) is 6.59. The van der Waals surface area contributed by atoms with Crippen molar-refractivity contribution >= 4 is 23.4 Å². The quantitative estimate of drug-likeness (QED) is 0.802. The van der Waals surface area contributed by atoms with E-state index >= 15 is 0 Å². The van der Waals surface area contributed by atoms with E-state index in [1.807, 2.05) is 39.0 Å². The third-order valence-electron chi connectivity index (χ3n) is 3.43. The molecule has 0 aliphatic heterocycles. The molecule has 0 aromatic heterocycles. The van der Waals surface area contributed by atoms with Crippen LogP contribution < -0.4 is 11.1 Å². The van der Waals surface area contributed by atoms with Crippen molar-refractivity contribution in [1.29, 1.82) is 0 Å². The van der Waals surface area contributed by atoms with E-state index in [-0.39, 0.29) is 24.3 Å². The molecule has 22 heavy (non-hydrogen) atoms. The minimum Gasteiger partial charge on any atom is -0.346 e. The van der Waals surface area contributed by atoms with Gasteiger partial charge < -0.3 is 16.0 Å². The van der Waals surface area contributed by atoms with Crippen molar-refractivity contribution in [1.82, 2.24) is 10.2 Å². The van der Waals surface area contributed by atoms with E-state index in [0.717, 1.165) is 5.56 Å². The third-order valence-corrected chi connectivity index (χ3v) is 3.67. The van der Waals surface area contributed by atoms with E-state index < -0.39 is 6.04 Å². The van der Waals surface area contributed by atoms with Gasteiger partial charge in [-0.25, -0.2) is 0 Å². The van der Waals surface area contributed by atoms with Gasteiger partial charge in [0.05, 0.1) is 12.6 Å². The van der Waals surface area contributed by atoms with Gasteiger partial charge in [-0.15, -0.1) is 0 Å². The van der Waals surface area contributed by atoms with Gasteiger partial charge in [0, 0.05) is 18.1 Å². The highest BCUT2D eigenvalue weighted by molar-refractivity contribution is 6.30. The first-order chi connectivity index (χ1) is 10.3. The molecule has 0 unspecified atom stereocenters. The zero-order valence-electron chi connectivity index (χ0n) is 13.3. The largest absolute Gasteiger partial charge is 0.346 e. The molecule has 0 spiro atoms. The lowest BCUT2D eigenvalue weighted by molar-refractivity contribution is -0.133. The van der Waals surface area contributed by atoms with Crippen LogP contribution in [0.25, 0.3) is 0 Å². The van der Waals surface area contributed by atoms with Crippen molar-refractivity contribution in [2.45, 2.75) is 33.4 Å². The Balaban J connectivity index is 2.56. The number of rotatable bonds is 7. The Kier molecular flexibility index (Phi) is 7.35. The molecule has 5 nitrogen and oxygen atoms in total. The van der Waals surface area contributed by atoms with E-state index in [9.17, 15) is 9.59 Å². The SMILES string of the molecule is CCN(Cc1cccc(Cl)c1)C(=O)CNC(=O)[C@@H](N)C(C)C. The highest BCUT2D eigenvalue weighted by Gasteiger charge is 2.19. The van der Waals surface area contributed by atoms with Gasteiger partial charge in [0.15, 0.2) is 0 Å². The fraction of sp³-hybridized carbons (Fsp3) is 0.500. The van der Waals surface area contributed by atoms with Crippen molar-refractivity contribution in [3.63, 3.8) is 0 Å². The zero-order valence-corrected chi connectivity index (χ0v) is 14.1. The molecule has 2 amide bonds. The van der Waals surface area contributed by atoms with E-state index in [1.54, 1.807) is 11.0 Å². The number of benzene rings is 1. The summed E-state index contributed by atoms with van der Waals surface area (Å²) < 4.78 is 0. The van der Waals surface area contributed by atoms with E-state index in [1.165, 1.54) is 0 Å². The van der Waals surface area contributed by atoms with Gasteiger partial charge >= 0.3 is 0 Å². The number of likely N-dealkylation sites (N-methyl/N-ethyl adjacent to an activating group) is 1. The Bertz CT molecular complexity index is 520. The number of hydrogen-bond acceptors (Lipinski definition) is 3. The fourth-order valence-electron chi connectivity index (χ4n) is 1.93. The number of amides is 2. The van der Waals surface area contributed by atoms with Crippen LogP contribution in [0.3, 0.4) is 0 Å². The summed E-state index contributed by atoms with van der Waals surface area (Å²) in [4.78, 5) is 25.6. The predicted octanol–water partition coefficient (Wildman–Crippen LogP) is 1.79. The summed E-state index contributed by atoms with van der Waals surface area (Å²) in [6.07, 6.45) is 0. The van der Waals surface area contributed by atoms with Gasteiger partial charge in [-0.3, -0.25) is 9.59 Å². The third kappa shape index (κ3) is 5.66. The molecule has 1 aromatic rings. The van der Waals surface area contributed by atoms with Crippen molar-refractivity contribution in [2.75, 3.05) is 13.1 Å². The van der Waals surface area contributed by atoms with E-state index in [4.69, 9.17) is 17.3 Å². The van der Waals surface area contributed by atoms with E-state index in [0.29, 0.717) is 18.1 Å². The number of nitrogens with one attached hydrogen (secondary N) is 1. The highest BCUT2D eigenvalue weighted by Crippen LogP contribution is 2.12. The Morgan fingerprint density at radius 1 is 1.36 bits per heavy atom. The molecule has 0 aliphatic carbocycles. The van der Waals surface area contributed by atoms with E-state index in [2.05, 4.69) is 5.32 Å². The summed E-state index contributed by atoms with van der Waals surface area (Å²) in [7, 11) is 0. The van der Waals surface area contributed by atoms with Crippen LogP contribution in [-0.2, 0) is 16.1 Å². The molecule has 122 valence electrons. The molecule has 0 saturated heterocycles. The molecule has 0 aliphatic rings. The first kappa shape index (κ1) is 18.5. The Morgan fingerprint density at radius 2 is 2.05 bits per heavy atom. The minimum atomic E-state index is -0.601. The number of nitrogens with two attached hydrogens (primary N) is 1. The topological polar surface area (TPSA) is 75.4 Å². The molecule has 0 fully saturated rings. The monoisotopic (exact) mass is 325 g/mol. The predicted molar refractivity (Wildman–Crippen MR) is 88.4 cm³/mol. The zero-order chi connectivity index (χ0) is 16.7. The lowest BCUT2D eigenvalue weighted by Crippen LogP contribution is -2.47. The highest BCUT2D eigenvalue weighted by atomic mass is 35.5. The summed E-state index contributed by atoms with van der Waals surface area (Å²) in [6, 6.07) is 6.77. The van der Waals surface area contributed by atoms with Crippen molar-refractivity contribution in [2.24, 2.45) is 11.7 Å². The molecule has 0 saturated carbocycles. The number of hydrogen-bond donors (Lipinski definition) is 2. The van der Waals surface area contributed by atoms with Crippen LogP contribution in [0, 0.1) is 5.92 Å². The van der Waals surface area contributed by atoms with Gasteiger partial charge in [-0.1, -0.05) is 37.6 Å². The number of nitrogens with zero attached hydrogens (tertiary/aromatic N) is 1. The normalized spacial score (nSPS) is 12.1. The van der Waals surface area contributed by atoms with Crippen molar-refractivity contribution in [3.8, 4) is 0 Å². The van der Waals surface area contributed by atoms with Crippen LogP contribution >= 0.6 is 11.6 Å². The summed E-state index contributed by atoms with van der Waals surface area (Å²) >= 11 is 5.94. The first-order valence-corrected chi connectivity index (χ1v) is 7.78. The average molecular weight is 326 g/mol. The average Bonchev–Trinajstić information content (AvgIpc) is 2.49. The van der Waals surface area contributed by atoms with Gasteiger partial charge in [0.1, 0.15) is 0 Å². The van der Waals surface area contributed by atoms with Crippen LogP contribution in [-0.4, -0.2) is 35.8 Å². The molecule has 0 radical (unpaired) electrons. The number of halogens is 1. The maximum absolute atomic E-state index is 12.2. The van der Waals surface area contributed by atoms with Crippen LogP contribution in [0.4, 0.5) is 0 Å². The molecule has 1 rings (SSSR count). The maximum Gasteiger partial charge on any atom is 0.242 e. The molecular weight excluding hydrogens is 302 g/mol. The second kappa shape index (κ2) is 8.76. The Hall–Kier alpha value is -1.59. The molecule has 0 heterocycles. The molecule has 0 bridgehead atoms. The summed E-state index contributed by atoms with van der Waals surface area (Å²) in [5.74, 6) is -0.419. The second-order valence-electron chi connectivity index (χ2n) is 5.53. The van der Waals surface area contributed by atoms with Crippen molar-refractivity contribution < 1.29 is 9.59 Å². The first-order valence-electron chi connectivity index (χ1n) is 7.40. The lowest BCUT2D eigenvalue weighted by Gasteiger charge is -2.22. The minimum absolute atomic E-state index is 0.0313. The van der Waals surface area contributed by atoms with Crippen LogP contribution in [0.1, 0.15) is 26.3 Å². The molecule has 6 heteroatoms. The summed E-state index contributed by atoms with van der Waals surface area (Å²) in [5.41, 5.74) is 6.70. The Morgan fingerprint density at radius 3 is 2.59 bits per heavy atom. The Labute approximate surface area is 136 Å². The number of carbonyl (C=O) groups excluding carboxylic acids is 2. The van der Waals surface area contributed by atoms with Gasteiger partial charge in [0.25, 0.3) is 0 Å². The van der Waals surface area contributed by atoms with Gasteiger partial charge in [0.2, 0.25) is 11.8 Å². The lowest BCUT2D eigenvalue weighted by atomic mass is 10.1. The molecule has 3 N–H and O–H groups in total. The van der Waals surface area contributed by atoms with Crippen LogP contribution in [0.2, 0.25) is 5.02 Å². The number of carbonyl (C=O) groups is 2. The smallest absolute Gasteiger partial charge is 0.242 e. The van der Waals surface area contributed by atoms with Crippen LogP contribution in [0.15, 0.2) is 24.3 Å². The van der Waals surface area contributed by atoms with Crippen LogP contribution in [0.5, 0.6) is 0 Å². The maximum atomic E-state index is 12.2. The summed E-state index contributed by atoms with van der Waals surface area (Å²) in [5, 5.41) is 3.23. The standard InChI is InChI=1S/C16H24ClN3O2/c1-4-20(10-12-6-5-7-13(17)8-12)14(21)9-19-16(22)15(18)11(2)3/h5-8,11,15H,4,9-10,18H2,1-3H3,(H,19,22)/t15-/m0/s1. The second-order valence-corrected chi connectivity index (χ2v) is 5.96. The van der Waals surface area contributed by atoms with Gasteiger partial charge in [-0.2, -0.15) is 0 Å². The molecule has 1 aromatic carbocycles. The van der Waals surface area contributed by atoms with Gasteiger partial charge in [-0.05, 0) is 30.5 Å². The molecular formula is C16H24ClN3O2. The molecule has 1 atom stereocenters. The van der Waals surface area contributed by atoms with Crippen molar-refractivity contribution in [3.05, 3.63) is 34.9 Å². The fourth-order valence-corrected chi connectivity index (χ4v) is 2.14.